The molecule has 0 aliphatic carbocycles. The summed E-state index contributed by atoms with van der Waals surface area (Å²) in [5, 5.41) is 3.08. The van der Waals surface area contributed by atoms with Crippen LogP contribution in [0.3, 0.4) is 0 Å². The molecule has 1 saturated heterocycles. The zero-order valence-electron chi connectivity index (χ0n) is 3.98. The molecule has 0 aromatic carbocycles. The second-order valence-electron chi connectivity index (χ2n) is 1.51. The lowest BCUT2D eigenvalue weighted by Crippen LogP contribution is -2.11. The lowest BCUT2D eigenvalue weighted by atomic mass is 10.6. The van der Waals surface area contributed by atoms with Gasteiger partial charge in [0, 0.05) is 6.54 Å². The van der Waals surface area contributed by atoms with Crippen LogP contribution in [0.2, 0.25) is 0 Å². The Morgan fingerprint density at radius 1 is 1.86 bits per heavy atom. The molecule has 0 spiro atoms. The summed E-state index contributed by atoms with van der Waals surface area (Å²) in [5.74, 6) is 1.13. The van der Waals surface area contributed by atoms with Crippen LogP contribution in [-0.4, -0.2) is 12.8 Å². The number of hydrogen-bond acceptors (Lipinski definition) is 3. The Kier molecular flexibility index (Phi) is 0.800. The van der Waals surface area contributed by atoms with Crippen molar-refractivity contribution < 1.29 is 4.74 Å². The number of rotatable bonds is 0. The molecule has 2 aliphatic heterocycles. The van der Waals surface area contributed by atoms with Gasteiger partial charge in [-0.15, -0.1) is 0 Å². The molecule has 0 radical (unpaired) electrons. The first-order valence-corrected chi connectivity index (χ1v) is 2.07. The number of hydrogen-bond donors (Lipinski definition) is 2. The van der Waals surface area contributed by atoms with Gasteiger partial charge < -0.3 is 10.9 Å². The highest BCUT2D eigenvalue weighted by atomic mass is 16.6. The highest BCUT2D eigenvalue weighted by Gasteiger charge is 2.35. The van der Waals surface area contributed by atoms with Gasteiger partial charge >= 0.3 is 0 Å². The summed E-state index contributed by atoms with van der Waals surface area (Å²) in [5.41, 5.74) is 0. The minimum absolute atomic E-state index is 0. The van der Waals surface area contributed by atoms with Gasteiger partial charge in [0.25, 0.3) is 0 Å². The monoisotopic (exact) mass is 100 g/mol. The van der Waals surface area contributed by atoms with Crippen LogP contribution in [0.25, 0.3) is 0 Å². The SMILES string of the molecule is C1=C2OC2NC1.N. The van der Waals surface area contributed by atoms with E-state index in [0.29, 0.717) is 6.23 Å². The van der Waals surface area contributed by atoms with Gasteiger partial charge in [-0.05, 0) is 6.08 Å². The Bertz CT molecular complexity index is 110. The standard InChI is InChI=1S/C4H5NO.H3N/c1-2-5-4-3(1)6-4;/h1,4-5H,2H2;1H3. The summed E-state index contributed by atoms with van der Waals surface area (Å²) in [4.78, 5) is 0. The van der Waals surface area contributed by atoms with Crippen molar-refractivity contribution >= 4 is 0 Å². The number of fused-ring (bicyclic) bond motifs is 1. The molecular weight excluding hydrogens is 92.1 g/mol. The first-order chi connectivity index (χ1) is 2.97. The van der Waals surface area contributed by atoms with Crippen molar-refractivity contribution in [1.82, 2.24) is 11.5 Å². The van der Waals surface area contributed by atoms with E-state index in [9.17, 15) is 0 Å². The molecule has 2 rings (SSSR count). The molecule has 2 aliphatic rings. The molecule has 0 aromatic heterocycles. The molecule has 2 heterocycles. The fourth-order valence-electron chi connectivity index (χ4n) is 0.666. The Morgan fingerprint density at radius 3 is 2.86 bits per heavy atom. The van der Waals surface area contributed by atoms with Crippen LogP contribution in [0.4, 0.5) is 0 Å². The van der Waals surface area contributed by atoms with Gasteiger partial charge in [-0.25, -0.2) is 0 Å². The van der Waals surface area contributed by atoms with Gasteiger partial charge in [0.05, 0.1) is 0 Å². The third-order valence-electron chi connectivity index (χ3n) is 1.06. The van der Waals surface area contributed by atoms with Crippen molar-refractivity contribution in [2.75, 3.05) is 6.54 Å². The normalized spacial score (nSPS) is 32.0. The van der Waals surface area contributed by atoms with Crippen LogP contribution in [0.5, 0.6) is 0 Å². The summed E-state index contributed by atoms with van der Waals surface area (Å²) in [6, 6.07) is 0. The lowest BCUT2D eigenvalue weighted by Gasteiger charge is -1.83. The van der Waals surface area contributed by atoms with Gasteiger partial charge in [0.2, 0.25) is 6.23 Å². The average Bonchev–Trinajstić information content (AvgIpc) is 2.17. The Morgan fingerprint density at radius 2 is 2.71 bits per heavy atom. The van der Waals surface area contributed by atoms with Crippen molar-refractivity contribution in [2.45, 2.75) is 6.23 Å². The second kappa shape index (κ2) is 1.21. The summed E-state index contributed by atoms with van der Waals surface area (Å²) >= 11 is 0. The number of ether oxygens (including phenoxy) is 1. The summed E-state index contributed by atoms with van der Waals surface area (Å²) < 4.78 is 4.90. The zero-order valence-corrected chi connectivity index (χ0v) is 3.98. The van der Waals surface area contributed by atoms with E-state index in [2.05, 4.69) is 11.4 Å². The quantitative estimate of drug-likeness (QED) is 0.421. The number of epoxide rings is 1. The average molecular weight is 100 g/mol. The zero-order chi connectivity index (χ0) is 3.98. The Labute approximate surface area is 41.9 Å². The van der Waals surface area contributed by atoms with Crippen LogP contribution in [0.15, 0.2) is 11.8 Å². The van der Waals surface area contributed by atoms with E-state index in [1.807, 2.05) is 0 Å². The van der Waals surface area contributed by atoms with Gasteiger partial charge in [0.15, 0.2) is 5.76 Å². The van der Waals surface area contributed by atoms with Crippen molar-refractivity contribution in [3.63, 3.8) is 0 Å². The predicted octanol–water partition coefficient (Wildman–Crippen LogP) is -0.00820. The Hall–Kier alpha value is -0.540. The van der Waals surface area contributed by atoms with Gasteiger partial charge in [-0.1, -0.05) is 0 Å². The van der Waals surface area contributed by atoms with Crippen molar-refractivity contribution in [2.24, 2.45) is 0 Å². The summed E-state index contributed by atoms with van der Waals surface area (Å²) in [6.45, 7) is 1.00. The van der Waals surface area contributed by atoms with Gasteiger partial charge in [0.1, 0.15) is 0 Å². The van der Waals surface area contributed by atoms with E-state index in [-0.39, 0.29) is 6.15 Å². The molecule has 1 fully saturated rings. The first-order valence-electron chi connectivity index (χ1n) is 2.07. The van der Waals surface area contributed by atoms with E-state index in [1.165, 1.54) is 0 Å². The van der Waals surface area contributed by atoms with E-state index in [0.717, 1.165) is 12.3 Å². The summed E-state index contributed by atoms with van der Waals surface area (Å²) in [7, 11) is 0. The van der Waals surface area contributed by atoms with Crippen molar-refractivity contribution in [3.05, 3.63) is 11.8 Å². The maximum atomic E-state index is 4.90. The molecular formula is C4H8N2O. The van der Waals surface area contributed by atoms with E-state index >= 15 is 0 Å². The molecule has 0 aromatic rings. The number of nitrogens with one attached hydrogen (secondary N) is 1. The van der Waals surface area contributed by atoms with Crippen LogP contribution in [-0.2, 0) is 4.74 Å². The van der Waals surface area contributed by atoms with Crippen LogP contribution in [0.1, 0.15) is 0 Å². The van der Waals surface area contributed by atoms with Gasteiger partial charge in [-0.2, -0.15) is 0 Å². The molecule has 3 nitrogen and oxygen atoms in total. The molecule has 7 heavy (non-hydrogen) atoms. The van der Waals surface area contributed by atoms with Crippen molar-refractivity contribution in [1.29, 1.82) is 0 Å². The molecule has 1 unspecified atom stereocenters. The largest absolute Gasteiger partial charge is 0.467 e. The highest BCUT2D eigenvalue weighted by molar-refractivity contribution is 5.18. The molecule has 0 bridgehead atoms. The second-order valence-corrected chi connectivity index (χ2v) is 1.51. The first kappa shape index (κ1) is 4.61. The Balaban J connectivity index is 0.000000245. The van der Waals surface area contributed by atoms with Crippen molar-refractivity contribution in [3.8, 4) is 0 Å². The molecule has 0 amide bonds. The molecule has 3 heteroatoms. The van der Waals surface area contributed by atoms with Crippen LogP contribution >= 0.6 is 0 Å². The lowest BCUT2D eigenvalue weighted by molar-refractivity contribution is 0.381. The van der Waals surface area contributed by atoms with Crippen LogP contribution in [0, 0.1) is 0 Å². The summed E-state index contributed by atoms with van der Waals surface area (Å²) in [6.07, 6.45) is 2.38. The predicted molar refractivity (Wildman–Crippen MR) is 26.0 cm³/mol. The molecule has 0 saturated carbocycles. The molecule has 1 atom stereocenters. The highest BCUT2D eigenvalue weighted by Crippen LogP contribution is 2.26. The van der Waals surface area contributed by atoms with Gasteiger partial charge in [-0.3, -0.25) is 5.32 Å². The minimum Gasteiger partial charge on any atom is -0.467 e. The minimum atomic E-state index is 0. The fraction of sp³-hybridized carbons (Fsp3) is 0.500. The smallest absolute Gasteiger partial charge is 0.208 e. The van der Waals surface area contributed by atoms with E-state index in [4.69, 9.17) is 4.74 Å². The maximum absolute atomic E-state index is 4.90. The topological polar surface area (TPSA) is 59.6 Å². The maximum Gasteiger partial charge on any atom is 0.208 e. The third-order valence-corrected chi connectivity index (χ3v) is 1.06. The third kappa shape index (κ3) is 0.498. The molecule has 4 N–H and O–H groups in total. The molecule has 40 valence electrons. The fourth-order valence-corrected chi connectivity index (χ4v) is 0.666. The van der Waals surface area contributed by atoms with E-state index < -0.39 is 0 Å². The van der Waals surface area contributed by atoms with Crippen LogP contribution < -0.4 is 11.5 Å². The van der Waals surface area contributed by atoms with E-state index in [1.54, 1.807) is 0 Å².